The summed E-state index contributed by atoms with van der Waals surface area (Å²) in [6, 6.07) is 0. The van der Waals surface area contributed by atoms with E-state index in [2.05, 4.69) is 5.32 Å². The van der Waals surface area contributed by atoms with Crippen LogP contribution >= 0.6 is 7.82 Å². The quantitative estimate of drug-likeness (QED) is 0.197. The number of phosphoric ester groups is 1. The van der Waals surface area contributed by atoms with Crippen molar-refractivity contribution in [1.82, 2.24) is 5.32 Å². The van der Waals surface area contributed by atoms with E-state index in [9.17, 15) is 9.46 Å². The van der Waals surface area contributed by atoms with Crippen molar-refractivity contribution in [3.05, 3.63) is 0 Å². The highest BCUT2D eigenvalue weighted by Crippen LogP contribution is 2.37. The van der Waals surface area contributed by atoms with Crippen molar-refractivity contribution < 1.29 is 36.3 Å². The largest absolute Gasteiger partial charge is 0.756 e. The topological polar surface area (TPSA) is 98.3 Å². The maximum atomic E-state index is 11.5. The summed E-state index contributed by atoms with van der Waals surface area (Å²) in [6.45, 7) is 0.921. The standard InChI is InChI=1S/C11H29N2O7PSi/c1-13(2,3)8-10-20-21(14,15)19-9-7-12-11-22(16-4,17-5)18-6/h12H,7-11H2,1-6H3. The van der Waals surface area contributed by atoms with Crippen LogP contribution in [0.3, 0.4) is 0 Å². The van der Waals surface area contributed by atoms with Crippen LogP contribution in [0.15, 0.2) is 0 Å². The number of hydrogen-bond acceptors (Lipinski definition) is 8. The summed E-state index contributed by atoms with van der Waals surface area (Å²) >= 11 is 0. The van der Waals surface area contributed by atoms with Gasteiger partial charge in [-0.1, -0.05) is 0 Å². The molecule has 22 heavy (non-hydrogen) atoms. The minimum absolute atomic E-state index is 0.0349. The lowest BCUT2D eigenvalue weighted by atomic mass is 10.5. The van der Waals surface area contributed by atoms with E-state index >= 15 is 0 Å². The third-order valence-corrected chi connectivity index (χ3v) is 6.36. The fourth-order valence-corrected chi connectivity index (χ4v) is 3.51. The maximum Gasteiger partial charge on any atom is 0.514 e. The summed E-state index contributed by atoms with van der Waals surface area (Å²) in [5.74, 6) is 0. The molecule has 0 aliphatic rings. The molecule has 0 rings (SSSR count). The molecule has 0 aromatic carbocycles. The lowest BCUT2D eigenvalue weighted by molar-refractivity contribution is -0.870. The van der Waals surface area contributed by atoms with Crippen LogP contribution in [-0.2, 0) is 26.9 Å². The Morgan fingerprint density at radius 1 is 1.05 bits per heavy atom. The molecule has 11 heteroatoms. The normalized spacial score (nSPS) is 15.8. The smallest absolute Gasteiger partial charge is 0.514 e. The Kier molecular flexibility index (Phi) is 10.1. The van der Waals surface area contributed by atoms with Crippen LogP contribution in [0.1, 0.15) is 0 Å². The van der Waals surface area contributed by atoms with Crippen LogP contribution in [0.5, 0.6) is 0 Å². The second kappa shape index (κ2) is 10.1. The van der Waals surface area contributed by atoms with Crippen molar-refractivity contribution in [2.75, 3.05) is 74.9 Å². The zero-order valence-electron chi connectivity index (χ0n) is 14.3. The Morgan fingerprint density at radius 3 is 2.00 bits per heavy atom. The van der Waals surface area contributed by atoms with Crippen LogP contribution in [-0.4, -0.2) is 88.2 Å². The number of nitrogens with one attached hydrogen (secondary N) is 1. The van der Waals surface area contributed by atoms with Crippen molar-refractivity contribution in [2.45, 2.75) is 0 Å². The third-order valence-electron chi connectivity index (χ3n) is 2.81. The Labute approximate surface area is 134 Å². The summed E-state index contributed by atoms with van der Waals surface area (Å²) in [5.41, 5.74) is 0. The molecule has 9 nitrogen and oxygen atoms in total. The van der Waals surface area contributed by atoms with E-state index in [0.717, 1.165) is 0 Å². The number of nitrogens with zero attached hydrogens (tertiary/aromatic N) is 1. The van der Waals surface area contributed by atoms with Crippen molar-refractivity contribution in [3.8, 4) is 0 Å². The van der Waals surface area contributed by atoms with Crippen molar-refractivity contribution in [2.24, 2.45) is 0 Å². The first-order chi connectivity index (χ1) is 10.1. The molecule has 0 aliphatic carbocycles. The molecule has 0 radical (unpaired) electrons. The first-order valence-corrected chi connectivity index (χ1v) is 10.3. The van der Waals surface area contributed by atoms with Crippen molar-refractivity contribution >= 4 is 16.6 Å². The minimum Gasteiger partial charge on any atom is -0.756 e. The van der Waals surface area contributed by atoms with E-state index in [1.807, 2.05) is 21.1 Å². The van der Waals surface area contributed by atoms with Gasteiger partial charge in [0.2, 0.25) is 0 Å². The van der Waals surface area contributed by atoms with Gasteiger partial charge in [0.1, 0.15) is 13.2 Å². The third kappa shape index (κ3) is 10.0. The molecule has 0 spiro atoms. The lowest BCUT2D eigenvalue weighted by Crippen LogP contribution is -2.52. The molecule has 0 aromatic heterocycles. The van der Waals surface area contributed by atoms with Crippen LogP contribution in [0.25, 0.3) is 0 Å². The zero-order chi connectivity index (χ0) is 17.3. The van der Waals surface area contributed by atoms with E-state index in [0.29, 0.717) is 23.7 Å². The van der Waals surface area contributed by atoms with Gasteiger partial charge in [0.05, 0.1) is 33.9 Å². The molecule has 0 bridgehead atoms. The highest BCUT2D eigenvalue weighted by Gasteiger charge is 2.37. The van der Waals surface area contributed by atoms with Gasteiger partial charge >= 0.3 is 8.80 Å². The van der Waals surface area contributed by atoms with Crippen LogP contribution in [0.4, 0.5) is 0 Å². The monoisotopic (exact) mass is 360 g/mol. The van der Waals surface area contributed by atoms with Gasteiger partial charge in [-0.25, -0.2) is 0 Å². The number of hydrogen-bond donors (Lipinski definition) is 1. The summed E-state index contributed by atoms with van der Waals surface area (Å²) in [6.07, 6.45) is 0.353. The van der Waals surface area contributed by atoms with Crippen LogP contribution in [0, 0.1) is 0 Å². The van der Waals surface area contributed by atoms with Crippen molar-refractivity contribution in [3.63, 3.8) is 0 Å². The molecular weight excluding hydrogens is 331 g/mol. The summed E-state index contributed by atoms with van der Waals surface area (Å²) in [4.78, 5) is 11.5. The first-order valence-electron chi connectivity index (χ1n) is 6.86. The molecule has 0 saturated heterocycles. The predicted octanol–water partition coefficient (Wildman–Crippen LogP) is -0.799. The van der Waals surface area contributed by atoms with E-state index in [-0.39, 0.29) is 13.2 Å². The number of rotatable bonds is 13. The first kappa shape index (κ1) is 22.1. The predicted molar refractivity (Wildman–Crippen MR) is 82.1 cm³/mol. The minimum atomic E-state index is -4.26. The van der Waals surface area contributed by atoms with Crippen LogP contribution in [0.2, 0.25) is 0 Å². The van der Waals surface area contributed by atoms with E-state index < -0.39 is 16.6 Å². The number of likely N-dealkylation sites (N-methyl/N-ethyl adjacent to an activating group) is 1. The van der Waals surface area contributed by atoms with Gasteiger partial charge in [0.25, 0.3) is 7.82 Å². The van der Waals surface area contributed by atoms with Gasteiger partial charge in [-0.15, -0.1) is 0 Å². The summed E-state index contributed by atoms with van der Waals surface area (Å²) in [5, 5.41) is 2.98. The fourth-order valence-electron chi connectivity index (χ4n) is 1.40. The Bertz CT molecular complexity index is 342. The fraction of sp³-hybridized carbons (Fsp3) is 1.00. The van der Waals surface area contributed by atoms with Gasteiger partial charge in [0, 0.05) is 27.9 Å². The molecule has 134 valence electrons. The number of phosphoric acid groups is 1. The Hall–Kier alpha value is 0.127. The van der Waals surface area contributed by atoms with E-state index in [1.54, 1.807) is 0 Å². The Balaban J connectivity index is 3.92. The Morgan fingerprint density at radius 2 is 1.55 bits per heavy atom. The molecule has 1 atom stereocenters. The van der Waals surface area contributed by atoms with Crippen LogP contribution < -0.4 is 10.2 Å². The molecule has 0 heterocycles. The second-order valence-corrected chi connectivity index (χ2v) is 9.95. The van der Waals surface area contributed by atoms with Gasteiger partial charge in [-0.05, 0) is 0 Å². The van der Waals surface area contributed by atoms with E-state index in [1.165, 1.54) is 21.3 Å². The highest BCUT2D eigenvalue weighted by atomic mass is 31.2. The molecule has 0 saturated carbocycles. The second-order valence-electron chi connectivity index (χ2n) is 5.60. The number of quaternary nitrogens is 1. The highest BCUT2D eigenvalue weighted by molar-refractivity contribution is 7.45. The average Bonchev–Trinajstić information content (AvgIpc) is 2.42. The molecule has 0 aromatic rings. The molecular formula is C11H29N2O7PSi. The molecule has 1 N–H and O–H groups in total. The van der Waals surface area contributed by atoms with E-state index in [4.69, 9.17) is 22.3 Å². The van der Waals surface area contributed by atoms with Crippen molar-refractivity contribution in [1.29, 1.82) is 0 Å². The van der Waals surface area contributed by atoms with Gasteiger partial charge in [0.15, 0.2) is 0 Å². The summed E-state index contributed by atoms with van der Waals surface area (Å²) in [7, 11) is 3.39. The average molecular weight is 360 g/mol. The summed E-state index contributed by atoms with van der Waals surface area (Å²) < 4.78 is 37.3. The lowest BCUT2D eigenvalue weighted by Gasteiger charge is -2.27. The molecule has 1 unspecified atom stereocenters. The molecule has 0 aliphatic heterocycles. The molecule has 0 fully saturated rings. The molecule has 0 amide bonds. The maximum absolute atomic E-state index is 11.5. The van der Waals surface area contributed by atoms with Gasteiger partial charge in [-0.2, -0.15) is 0 Å². The SMILES string of the molecule is CO[Si](CNCCOP(=O)([O-])OCC[N+](C)(C)C)(OC)OC. The van der Waals surface area contributed by atoms with Gasteiger partial charge in [-0.3, -0.25) is 4.57 Å². The zero-order valence-corrected chi connectivity index (χ0v) is 16.2. The van der Waals surface area contributed by atoms with Gasteiger partial charge < -0.3 is 37.0 Å².